The van der Waals surface area contributed by atoms with Gasteiger partial charge in [0.15, 0.2) is 18.2 Å². The number of halogens is 1. The SMILES string of the molecule is C=C[C@@]1(C)CC(=O)[C@@]23OC(N(C)C)O[C@H]4CCC(C)(C)[C@H]([C@H](OC(=O)NCCN(C)C(=O)OCc5cc(=O)oc6cc(OCOC)c(Br)cc56)[C@H](O)[C@@]2(C)O1)[C@]43C. The summed E-state index contributed by atoms with van der Waals surface area (Å²) in [4.78, 5) is 56.7. The average molecular weight is 865 g/mol. The number of rotatable bonds is 11. The second kappa shape index (κ2) is 15.5. The van der Waals surface area contributed by atoms with Crippen molar-refractivity contribution in [1.82, 2.24) is 15.1 Å². The van der Waals surface area contributed by atoms with Gasteiger partial charge in [-0.05, 0) is 68.2 Å². The predicted molar refractivity (Wildman–Crippen MR) is 208 cm³/mol. The number of likely N-dealkylation sites (N-methyl/N-ethyl adjacent to an activating group) is 1. The Kier molecular flexibility index (Phi) is 11.7. The molecule has 0 bridgehead atoms. The summed E-state index contributed by atoms with van der Waals surface area (Å²) in [7, 11) is 6.56. The Labute approximate surface area is 340 Å². The van der Waals surface area contributed by atoms with Gasteiger partial charge in [-0.3, -0.25) is 9.69 Å². The molecule has 6 rings (SSSR count). The number of amides is 2. The summed E-state index contributed by atoms with van der Waals surface area (Å²) in [5.74, 6) is -0.447. The largest absolute Gasteiger partial charge is 0.466 e. The first kappa shape index (κ1) is 43.0. The number of methoxy groups -OCH3 is 1. The maximum absolute atomic E-state index is 14.7. The van der Waals surface area contributed by atoms with Gasteiger partial charge in [0.05, 0.1) is 16.2 Å². The molecule has 4 aliphatic rings. The van der Waals surface area contributed by atoms with Crippen LogP contribution < -0.4 is 15.7 Å². The van der Waals surface area contributed by atoms with Gasteiger partial charge in [0.1, 0.15) is 35.7 Å². The van der Waals surface area contributed by atoms with E-state index in [2.05, 4.69) is 27.8 Å². The van der Waals surface area contributed by atoms with Crippen LogP contribution in [0.3, 0.4) is 0 Å². The highest BCUT2D eigenvalue weighted by Gasteiger charge is 2.84. The predicted octanol–water partition coefficient (Wildman–Crippen LogP) is 4.71. The molecule has 2 N–H and O–H groups in total. The molecular weight excluding hydrogens is 810 g/mol. The zero-order chi connectivity index (χ0) is 41.9. The quantitative estimate of drug-likeness (QED) is 0.180. The fourth-order valence-electron chi connectivity index (χ4n) is 9.84. The third-order valence-corrected chi connectivity index (χ3v) is 13.1. The van der Waals surface area contributed by atoms with E-state index in [0.29, 0.717) is 34.0 Å². The van der Waals surface area contributed by atoms with Gasteiger partial charge in [0.2, 0.25) is 6.41 Å². The van der Waals surface area contributed by atoms with E-state index in [9.17, 15) is 24.3 Å². The number of carbonyl (C=O) groups is 3. The summed E-state index contributed by atoms with van der Waals surface area (Å²) in [6, 6.07) is 4.47. The standard InChI is InChI=1S/C40H54BrN3O13/c1-11-37(4)19-27(45)40-38(5)28(54-35(56-40)43(7)8)12-13-36(2,3)31(38)30(32(47)39(40,6)57-37)55-33(48)42-14-15-44(9)34(49)51-20-22-16-29(46)53-25-18-26(52-21-50-10)24(41)17-23(22)25/h11,16-18,28,30-32,35,47H,1,12-15,19-21H2,2-10H3,(H,42,48)/t28-,30-,31-,32-,35?,37-,38-,39+,40-/m0/s1. The second-order valence-electron chi connectivity index (χ2n) is 16.9. The fraction of sp³-hybridized carbons (Fsp3) is 0.650. The van der Waals surface area contributed by atoms with E-state index in [4.69, 9.17) is 37.6 Å². The van der Waals surface area contributed by atoms with Crippen LogP contribution in [0.15, 0.2) is 44.5 Å². The first-order valence-electron chi connectivity index (χ1n) is 18.9. The fourth-order valence-corrected chi connectivity index (χ4v) is 10.3. The van der Waals surface area contributed by atoms with E-state index in [-0.39, 0.29) is 44.3 Å². The number of nitrogens with one attached hydrogen (secondary N) is 1. The Balaban J connectivity index is 1.17. The molecule has 57 heavy (non-hydrogen) atoms. The minimum atomic E-state index is -1.70. The van der Waals surface area contributed by atoms with Crippen LogP contribution in [0, 0.1) is 16.7 Å². The third-order valence-electron chi connectivity index (χ3n) is 12.5. The van der Waals surface area contributed by atoms with Crippen LogP contribution in [0.1, 0.15) is 59.4 Å². The molecule has 16 nitrogen and oxygen atoms in total. The Morgan fingerprint density at radius 2 is 1.84 bits per heavy atom. The number of ether oxygens (including phenoxy) is 7. The smallest absolute Gasteiger partial charge is 0.409 e. The molecule has 4 fully saturated rings. The van der Waals surface area contributed by atoms with E-state index >= 15 is 0 Å². The van der Waals surface area contributed by atoms with E-state index in [1.807, 2.05) is 20.8 Å². The first-order chi connectivity index (χ1) is 26.7. The highest BCUT2D eigenvalue weighted by molar-refractivity contribution is 9.10. The maximum Gasteiger partial charge on any atom is 0.409 e. The maximum atomic E-state index is 14.7. The number of ketones is 1. The molecule has 2 aromatic rings. The molecule has 0 radical (unpaired) electrons. The average Bonchev–Trinajstić information content (AvgIpc) is 3.13. The van der Waals surface area contributed by atoms with Crippen molar-refractivity contribution < 1.29 is 57.1 Å². The monoisotopic (exact) mass is 863 g/mol. The number of carbonyl (C=O) groups excluding carboxylic acids is 3. The molecule has 1 spiro atoms. The van der Waals surface area contributed by atoms with Crippen molar-refractivity contribution >= 4 is 44.9 Å². The molecule has 3 heterocycles. The van der Waals surface area contributed by atoms with Gasteiger partial charge in [0.25, 0.3) is 0 Å². The van der Waals surface area contributed by atoms with Crippen LogP contribution >= 0.6 is 15.9 Å². The number of nitrogens with zero attached hydrogens (tertiary/aromatic N) is 2. The van der Waals surface area contributed by atoms with Crippen LogP contribution in [0.5, 0.6) is 5.75 Å². The molecule has 314 valence electrons. The number of aliphatic hydroxyl groups excluding tert-OH is 1. The molecule has 2 saturated carbocycles. The molecular formula is C40H54BrN3O13. The highest BCUT2D eigenvalue weighted by Crippen LogP contribution is 2.70. The Morgan fingerprint density at radius 3 is 2.51 bits per heavy atom. The Bertz CT molecular complexity index is 1970. The molecule has 2 saturated heterocycles. The lowest BCUT2D eigenvalue weighted by atomic mass is 9.39. The van der Waals surface area contributed by atoms with Gasteiger partial charge in [-0.15, -0.1) is 6.58 Å². The van der Waals surface area contributed by atoms with Crippen LogP contribution in [0.25, 0.3) is 11.0 Å². The van der Waals surface area contributed by atoms with Gasteiger partial charge in [-0.1, -0.05) is 26.8 Å². The van der Waals surface area contributed by atoms with Crippen LogP contribution in [-0.2, 0) is 39.8 Å². The number of aliphatic hydroxyl groups is 1. The Morgan fingerprint density at radius 1 is 1.12 bits per heavy atom. The molecule has 2 aliphatic carbocycles. The molecule has 2 aliphatic heterocycles. The number of benzene rings is 1. The van der Waals surface area contributed by atoms with Gasteiger partial charge in [0, 0.05) is 68.1 Å². The summed E-state index contributed by atoms with van der Waals surface area (Å²) in [6.07, 6.45) is -2.83. The van der Waals surface area contributed by atoms with Crippen molar-refractivity contribution in [3.63, 3.8) is 0 Å². The number of Topliss-reactive ketones (excluding diaryl/α,β-unsaturated/α-hetero) is 1. The van der Waals surface area contributed by atoms with Crippen LogP contribution in [0.4, 0.5) is 9.59 Å². The number of hydrogen-bond acceptors (Lipinski definition) is 14. The van der Waals surface area contributed by atoms with Crippen LogP contribution in [0.2, 0.25) is 0 Å². The Hall–Kier alpha value is -3.58. The molecule has 9 atom stereocenters. The highest BCUT2D eigenvalue weighted by atomic mass is 79.9. The minimum absolute atomic E-state index is 0.0129. The molecule has 1 aromatic heterocycles. The number of fused-ring (bicyclic) bond motifs is 1. The summed E-state index contributed by atoms with van der Waals surface area (Å²) in [5, 5.41) is 15.7. The summed E-state index contributed by atoms with van der Waals surface area (Å²) in [5.41, 5.74) is -6.14. The van der Waals surface area contributed by atoms with Crippen molar-refractivity contribution in [1.29, 1.82) is 0 Å². The van der Waals surface area contributed by atoms with Gasteiger partial charge < -0.3 is 52.9 Å². The molecule has 2 amide bonds. The molecule has 1 aromatic carbocycles. The van der Waals surface area contributed by atoms with Gasteiger partial charge >= 0.3 is 17.8 Å². The third kappa shape index (κ3) is 7.16. The summed E-state index contributed by atoms with van der Waals surface area (Å²) < 4.78 is 48.1. The van der Waals surface area contributed by atoms with Crippen molar-refractivity contribution in [2.24, 2.45) is 16.7 Å². The lowest BCUT2D eigenvalue weighted by Gasteiger charge is -2.74. The van der Waals surface area contributed by atoms with Gasteiger partial charge in [-0.25, -0.2) is 14.4 Å². The molecule has 17 heteroatoms. The number of hydrogen-bond donors (Lipinski definition) is 2. The second-order valence-corrected chi connectivity index (χ2v) is 17.8. The van der Waals surface area contributed by atoms with Crippen molar-refractivity contribution in [3.8, 4) is 5.75 Å². The lowest BCUT2D eigenvalue weighted by Crippen LogP contribution is -2.89. The van der Waals surface area contributed by atoms with E-state index in [1.54, 1.807) is 45.0 Å². The van der Waals surface area contributed by atoms with E-state index < -0.39 is 76.1 Å². The van der Waals surface area contributed by atoms with Crippen LogP contribution in [-0.4, -0.2) is 123 Å². The minimum Gasteiger partial charge on any atom is -0.466 e. The topological polar surface area (TPSA) is 185 Å². The van der Waals surface area contributed by atoms with E-state index in [0.717, 1.165) is 0 Å². The number of alkyl carbamates (subject to hydrolysis) is 1. The van der Waals surface area contributed by atoms with Crippen molar-refractivity contribution in [2.75, 3.05) is 48.1 Å². The zero-order valence-corrected chi connectivity index (χ0v) is 35.6. The van der Waals surface area contributed by atoms with Crippen molar-refractivity contribution in [3.05, 3.63) is 51.3 Å². The van der Waals surface area contributed by atoms with Gasteiger partial charge in [-0.2, -0.15) is 0 Å². The first-order valence-corrected chi connectivity index (χ1v) is 19.7. The zero-order valence-electron chi connectivity index (χ0n) is 34.0. The van der Waals surface area contributed by atoms with Crippen molar-refractivity contribution in [2.45, 2.75) is 102 Å². The lowest BCUT2D eigenvalue weighted by molar-refractivity contribution is -0.456. The molecule has 1 unspecified atom stereocenters. The van der Waals surface area contributed by atoms with E-state index in [1.165, 1.54) is 31.2 Å². The summed E-state index contributed by atoms with van der Waals surface area (Å²) in [6.45, 7) is 13.1. The summed E-state index contributed by atoms with van der Waals surface area (Å²) >= 11 is 3.44. The normalized spacial score (nSPS) is 34.2.